The van der Waals surface area contributed by atoms with E-state index in [-0.39, 0.29) is 10.6 Å². The fourth-order valence-electron chi connectivity index (χ4n) is 1.80. The Bertz CT molecular complexity index is 754. The van der Waals surface area contributed by atoms with Crippen LogP contribution in [-0.4, -0.2) is 27.6 Å². The molecule has 1 aromatic carbocycles. The summed E-state index contributed by atoms with van der Waals surface area (Å²) >= 11 is 1.22. The number of methoxy groups -OCH3 is 2. The molecule has 1 heterocycles. The molecule has 0 aliphatic rings. The molecule has 0 spiro atoms. The second kappa shape index (κ2) is 5.90. The smallest absolute Gasteiger partial charge is 0.267 e. The minimum atomic E-state index is -3.80. The van der Waals surface area contributed by atoms with Crippen molar-refractivity contribution in [3.05, 3.63) is 28.8 Å². The number of sulfonamides is 1. The van der Waals surface area contributed by atoms with E-state index in [1.54, 1.807) is 18.4 Å². The normalized spacial score (nSPS) is 11.2. The van der Waals surface area contributed by atoms with Gasteiger partial charge in [-0.05, 0) is 25.5 Å². The van der Waals surface area contributed by atoms with Crippen LogP contribution in [0.1, 0.15) is 11.3 Å². The van der Waals surface area contributed by atoms with Crippen LogP contribution in [0.15, 0.2) is 22.4 Å². The second-order valence-corrected chi connectivity index (χ2v) is 6.88. The van der Waals surface area contributed by atoms with Gasteiger partial charge in [0.25, 0.3) is 10.0 Å². The molecule has 0 aliphatic heterocycles. The minimum absolute atomic E-state index is 0.0142. The lowest BCUT2D eigenvalue weighted by atomic mass is 10.2. The average Bonchev–Trinajstić information content (AvgIpc) is 2.82. The number of nitrogens with zero attached hydrogens (tertiary/aromatic N) is 1. The molecule has 0 saturated carbocycles. The highest BCUT2D eigenvalue weighted by Crippen LogP contribution is 2.33. The van der Waals surface area contributed by atoms with Crippen molar-refractivity contribution >= 4 is 26.5 Å². The third-order valence-electron chi connectivity index (χ3n) is 2.81. The summed E-state index contributed by atoms with van der Waals surface area (Å²) in [7, 11) is -0.886. The van der Waals surface area contributed by atoms with Crippen molar-refractivity contribution in [2.24, 2.45) is 0 Å². The van der Waals surface area contributed by atoms with Crippen LogP contribution in [0, 0.1) is 13.8 Å². The Morgan fingerprint density at radius 2 is 1.81 bits per heavy atom. The minimum Gasteiger partial charge on any atom is -0.496 e. The summed E-state index contributed by atoms with van der Waals surface area (Å²) in [6, 6.07) is 3.07. The van der Waals surface area contributed by atoms with Crippen LogP contribution in [0.4, 0.5) is 5.13 Å². The maximum atomic E-state index is 12.5. The average molecular weight is 328 g/mol. The predicted molar refractivity (Wildman–Crippen MR) is 81.9 cm³/mol. The highest BCUT2D eigenvalue weighted by molar-refractivity contribution is 7.93. The maximum absolute atomic E-state index is 12.5. The fourth-order valence-corrected chi connectivity index (χ4v) is 3.91. The van der Waals surface area contributed by atoms with Gasteiger partial charge in [-0.25, -0.2) is 13.4 Å². The van der Waals surface area contributed by atoms with E-state index >= 15 is 0 Å². The molecule has 0 saturated heterocycles. The number of ether oxygens (including phenoxy) is 2. The van der Waals surface area contributed by atoms with Crippen LogP contribution < -0.4 is 14.2 Å². The molecule has 0 fully saturated rings. The Kier molecular flexibility index (Phi) is 4.38. The topological polar surface area (TPSA) is 77.5 Å². The molecular formula is C13H16N2O4S2. The molecule has 0 radical (unpaired) electrons. The summed E-state index contributed by atoms with van der Waals surface area (Å²) in [5.74, 6) is 0.737. The van der Waals surface area contributed by atoms with Gasteiger partial charge in [0.05, 0.1) is 19.9 Å². The van der Waals surface area contributed by atoms with Crippen molar-refractivity contribution in [3.8, 4) is 11.5 Å². The molecule has 0 bridgehead atoms. The summed E-state index contributed by atoms with van der Waals surface area (Å²) in [5.41, 5.74) is 1.55. The monoisotopic (exact) mass is 328 g/mol. The number of rotatable bonds is 5. The molecular weight excluding hydrogens is 312 g/mol. The molecule has 0 aliphatic carbocycles. The summed E-state index contributed by atoms with van der Waals surface area (Å²) in [5, 5.41) is 2.08. The first-order chi connectivity index (χ1) is 9.87. The first-order valence-electron chi connectivity index (χ1n) is 6.05. The van der Waals surface area contributed by atoms with Crippen LogP contribution in [-0.2, 0) is 10.0 Å². The van der Waals surface area contributed by atoms with Gasteiger partial charge in [0.2, 0.25) is 0 Å². The lowest BCUT2D eigenvalue weighted by Crippen LogP contribution is -2.14. The third-order valence-corrected chi connectivity index (χ3v) is 5.18. The summed E-state index contributed by atoms with van der Waals surface area (Å²) in [6.07, 6.45) is 0. The van der Waals surface area contributed by atoms with E-state index in [9.17, 15) is 8.42 Å². The third kappa shape index (κ3) is 3.27. The molecule has 114 valence electrons. The number of anilines is 1. The van der Waals surface area contributed by atoms with E-state index in [2.05, 4.69) is 9.71 Å². The zero-order valence-electron chi connectivity index (χ0n) is 12.1. The Morgan fingerprint density at radius 1 is 1.14 bits per heavy atom. The van der Waals surface area contributed by atoms with Gasteiger partial charge in [0.15, 0.2) is 5.13 Å². The van der Waals surface area contributed by atoms with Crippen molar-refractivity contribution in [3.63, 3.8) is 0 Å². The van der Waals surface area contributed by atoms with Gasteiger partial charge in [-0.1, -0.05) is 0 Å². The van der Waals surface area contributed by atoms with Gasteiger partial charge in [-0.15, -0.1) is 11.3 Å². The van der Waals surface area contributed by atoms with Crippen LogP contribution in [0.2, 0.25) is 0 Å². The molecule has 8 heteroatoms. The zero-order valence-corrected chi connectivity index (χ0v) is 13.8. The van der Waals surface area contributed by atoms with E-state index in [0.717, 1.165) is 11.3 Å². The molecule has 1 aromatic heterocycles. The number of aryl methyl sites for hydroxylation is 2. The van der Waals surface area contributed by atoms with Crippen LogP contribution in [0.5, 0.6) is 11.5 Å². The van der Waals surface area contributed by atoms with Gasteiger partial charge >= 0.3 is 0 Å². The van der Waals surface area contributed by atoms with E-state index in [0.29, 0.717) is 10.9 Å². The number of thiazole rings is 1. The zero-order chi connectivity index (χ0) is 15.6. The van der Waals surface area contributed by atoms with E-state index in [1.807, 2.05) is 6.92 Å². The molecule has 6 nitrogen and oxygen atoms in total. The summed E-state index contributed by atoms with van der Waals surface area (Å²) in [6.45, 7) is 3.61. The fraction of sp³-hybridized carbons (Fsp3) is 0.308. The first kappa shape index (κ1) is 15.6. The van der Waals surface area contributed by atoms with E-state index < -0.39 is 10.0 Å². The molecule has 2 rings (SSSR count). The van der Waals surface area contributed by atoms with E-state index in [1.165, 1.54) is 31.6 Å². The van der Waals surface area contributed by atoms with Crippen molar-refractivity contribution in [1.82, 2.24) is 4.98 Å². The summed E-state index contributed by atoms with van der Waals surface area (Å²) < 4.78 is 37.8. The first-order valence-corrected chi connectivity index (χ1v) is 8.41. The van der Waals surface area contributed by atoms with Gasteiger partial charge in [-0.2, -0.15) is 0 Å². The molecule has 0 unspecified atom stereocenters. The molecule has 21 heavy (non-hydrogen) atoms. The Morgan fingerprint density at radius 3 is 2.33 bits per heavy atom. The number of hydrogen-bond donors (Lipinski definition) is 1. The molecule has 2 aromatic rings. The SMILES string of the molecule is COc1cc(S(=O)(=O)Nc2nc(C)cs2)c(OC)cc1C. The quantitative estimate of drug-likeness (QED) is 0.913. The van der Waals surface area contributed by atoms with Gasteiger partial charge in [0.1, 0.15) is 16.4 Å². The molecule has 0 amide bonds. The standard InChI is InChI=1S/C13H16N2O4S2/c1-8-5-11(19-4)12(6-10(8)18-3)21(16,17)15-13-14-9(2)7-20-13/h5-7H,1-4H3,(H,14,15). The Balaban J connectivity index is 2.48. The lowest BCUT2D eigenvalue weighted by molar-refractivity contribution is 0.390. The van der Waals surface area contributed by atoms with Crippen molar-refractivity contribution in [2.45, 2.75) is 18.7 Å². The van der Waals surface area contributed by atoms with Gasteiger partial charge in [0, 0.05) is 11.4 Å². The lowest BCUT2D eigenvalue weighted by Gasteiger charge is -2.13. The second-order valence-electron chi connectivity index (χ2n) is 4.37. The van der Waals surface area contributed by atoms with Crippen molar-refractivity contribution < 1.29 is 17.9 Å². The van der Waals surface area contributed by atoms with Crippen LogP contribution in [0.25, 0.3) is 0 Å². The van der Waals surface area contributed by atoms with E-state index in [4.69, 9.17) is 9.47 Å². The number of nitrogens with one attached hydrogen (secondary N) is 1. The molecule has 0 atom stereocenters. The van der Waals surface area contributed by atoms with Gasteiger partial charge < -0.3 is 9.47 Å². The number of hydrogen-bond acceptors (Lipinski definition) is 6. The highest BCUT2D eigenvalue weighted by Gasteiger charge is 2.23. The van der Waals surface area contributed by atoms with Crippen molar-refractivity contribution in [1.29, 1.82) is 0 Å². The molecule has 1 N–H and O–H groups in total. The van der Waals surface area contributed by atoms with Crippen LogP contribution >= 0.6 is 11.3 Å². The van der Waals surface area contributed by atoms with Crippen LogP contribution in [0.3, 0.4) is 0 Å². The van der Waals surface area contributed by atoms with Gasteiger partial charge in [-0.3, -0.25) is 4.72 Å². The maximum Gasteiger partial charge on any atom is 0.267 e. The Labute approximate surface area is 127 Å². The Hall–Kier alpha value is -1.80. The summed E-state index contributed by atoms with van der Waals surface area (Å²) in [4.78, 5) is 4.11. The number of aromatic nitrogens is 1. The number of benzene rings is 1. The van der Waals surface area contributed by atoms with Crippen molar-refractivity contribution in [2.75, 3.05) is 18.9 Å². The highest BCUT2D eigenvalue weighted by atomic mass is 32.2. The predicted octanol–water partition coefficient (Wildman–Crippen LogP) is 2.58. The largest absolute Gasteiger partial charge is 0.496 e.